The Morgan fingerprint density at radius 3 is 2.65 bits per heavy atom. The van der Waals surface area contributed by atoms with Gasteiger partial charge in [0.15, 0.2) is 0 Å². The number of carbonyl (C=O) groups excluding carboxylic acids is 1. The highest BCUT2D eigenvalue weighted by atomic mass is 19.3. The third kappa shape index (κ3) is 3.53. The van der Waals surface area contributed by atoms with E-state index in [1.165, 1.54) is 0 Å². The fraction of sp³-hybridized carbons (Fsp3) is 0.240. The summed E-state index contributed by atoms with van der Waals surface area (Å²) in [5.41, 5.74) is 5.49. The number of benzene rings is 1. The number of alkyl halides is 2. The van der Waals surface area contributed by atoms with Gasteiger partial charge in [0.05, 0.1) is 35.0 Å². The molecule has 7 nitrogen and oxygen atoms in total. The van der Waals surface area contributed by atoms with Gasteiger partial charge in [-0.1, -0.05) is 18.2 Å². The number of amides is 1. The summed E-state index contributed by atoms with van der Waals surface area (Å²) in [7, 11) is 0. The number of hydrogen-bond donors (Lipinski definition) is 3. The normalized spacial score (nSPS) is 17.0. The number of aromatic nitrogens is 3. The Balaban J connectivity index is 1.28. The standard InChI is InChI=1S/C25H22F2N6O/c26-25(27)7-9-33(10-8-25)15-5-6-21(29-11-15)32-20-14-30-23(18-13-31-24(34)22(18)20)17-12-28-19-4-2-1-3-16(17)19/h1-6,11-12,14,28H,7-10,13H2,(H,29,32)(H,31,34). The van der Waals surface area contributed by atoms with Gasteiger partial charge in [0, 0.05) is 60.7 Å². The Kier molecular flexibility index (Phi) is 4.72. The molecule has 1 saturated heterocycles. The lowest BCUT2D eigenvalue weighted by Gasteiger charge is -2.33. The van der Waals surface area contributed by atoms with Crippen LogP contribution in [0.4, 0.5) is 26.0 Å². The Bertz CT molecular complexity index is 1390. The first-order valence-corrected chi connectivity index (χ1v) is 11.2. The topological polar surface area (TPSA) is 85.9 Å². The summed E-state index contributed by atoms with van der Waals surface area (Å²) in [6.07, 6.45) is 4.94. The minimum absolute atomic E-state index is 0.150. The summed E-state index contributed by atoms with van der Waals surface area (Å²) < 4.78 is 26.9. The molecule has 4 aromatic rings. The van der Waals surface area contributed by atoms with E-state index in [0.29, 0.717) is 36.7 Å². The molecule has 3 N–H and O–H groups in total. The van der Waals surface area contributed by atoms with E-state index in [-0.39, 0.29) is 18.7 Å². The van der Waals surface area contributed by atoms with Crippen molar-refractivity contribution in [3.05, 3.63) is 66.1 Å². The maximum atomic E-state index is 13.4. The van der Waals surface area contributed by atoms with Crippen molar-refractivity contribution in [2.75, 3.05) is 23.3 Å². The van der Waals surface area contributed by atoms with Crippen molar-refractivity contribution in [1.29, 1.82) is 0 Å². The predicted octanol–water partition coefficient (Wildman–Crippen LogP) is 4.85. The minimum Gasteiger partial charge on any atom is -0.370 e. The van der Waals surface area contributed by atoms with E-state index in [2.05, 4.69) is 20.6 Å². The maximum absolute atomic E-state index is 13.4. The lowest BCUT2D eigenvalue weighted by molar-refractivity contribution is -0.0220. The van der Waals surface area contributed by atoms with Crippen molar-refractivity contribution < 1.29 is 13.6 Å². The summed E-state index contributed by atoms with van der Waals surface area (Å²) in [6, 6.07) is 11.6. The van der Waals surface area contributed by atoms with Gasteiger partial charge < -0.3 is 20.5 Å². The van der Waals surface area contributed by atoms with Crippen LogP contribution < -0.4 is 15.5 Å². The van der Waals surface area contributed by atoms with Crippen molar-refractivity contribution in [3.8, 4) is 11.3 Å². The summed E-state index contributed by atoms with van der Waals surface area (Å²) in [6.45, 7) is 1.00. The van der Waals surface area contributed by atoms with Crippen LogP contribution >= 0.6 is 0 Å². The number of nitrogens with zero attached hydrogens (tertiary/aromatic N) is 3. The van der Waals surface area contributed by atoms with Crippen molar-refractivity contribution >= 4 is 34.0 Å². The van der Waals surface area contributed by atoms with E-state index in [4.69, 9.17) is 4.98 Å². The van der Waals surface area contributed by atoms with Gasteiger partial charge in [-0.15, -0.1) is 0 Å². The highest BCUT2D eigenvalue weighted by molar-refractivity contribution is 6.07. The molecule has 0 saturated carbocycles. The smallest absolute Gasteiger partial charge is 0.254 e. The Morgan fingerprint density at radius 2 is 1.85 bits per heavy atom. The van der Waals surface area contributed by atoms with Gasteiger partial charge in [-0.3, -0.25) is 9.78 Å². The van der Waals surface area contributed by atoms with Crippen LogP contribution in [0.3, 0.4) is 0 Å². The fourth-order valence-corrected chi connectivity index (χ4v) is 4.71. The van der Waals surface area contributed by atoms with Gasteiger partial charge in [-0.05, 0) is 18.2 Å². The van der Waals surface area contributed by atoms with Gasteiger partial charge in [-0.2, -0.15) is 0 Å². The number of pyridine rings is 2. The number of nitrogens with one attached hydrogen (secondary N) is 3. The number of fused-ring (bicyclic) bond motifs is 2. The molecule has 0 bridgehead atoms. The lowest BCUT2D eigenvalue weighted by atomic mass is 10.0. The van der Waals surface area contributed by atoms with E-state index < -0.39 is 5.92 Å². The van der Waals surface area contributed by atoms with Gasteiger partial charge in [0.1, 0.15) is 5.82 Å². The highest BCUT2D eigenvalue weighted by Gasteiger charge is 2.34. The predicted molar refractivity (Wildman–Crippen MR) is 127 cm³/mol. The number of hydrogen-bond acceptors (Lipinski definition) is 5. The van der Waals surface area contributed by atoms with Crippen LogP contribution in [0, 0.1) is 0 Å². The lowest BCUT2D eigenvalue weighted by Crippen LogP contribution is -2.39. The van der Waals surface area contributed by atoms with Crippen molar-refractivity contribution in [3.63, 3.8) is 0 Å². The SMILES string of the molecule is O=C1NCc2c(-c3c[nH]c4ccccc34)ncc(Nc3ccc(N4CCC(F)(F)CC4)cn3)c21. The molecule has 1 aromatic carbocycles. The molecular weight excluding hydrogens is 438 g/mol. The Hall–Kier alpha value is -4.01. The third-order valence-corrected chi connectivity index (χ3v) is 6.55. The Labute approximate surface area is 194 Å². The zero-order valence-corrected chi connectivity index (χ0v) is 18.2. The molecule has 2 aliphatic heterocycles. The molecule has 6 rings (SSSR count). The molecule has 2 aliphatic rings. The first-order chi connectivity index (χ1) is 16.5. The van der Waals surface area contributed by atoms with Crippen LogP contribution in [0.1, 0.15) is 28.8 Å². The van der Waals surface area contributed by atoms with E-state index in [1.54, 1.807) is 18.5 Å². The van der Waals surface area contributed by atoms with E-state index in [9.17, 15) is 13.6 Å². The zero-order valence-electron chi connectivity index (χ0n) is 18.2. The van der Waals surface area contributed by atoms with Gasteiger partial charge >= 0.3 is 0 Å². The van der Waals surface area contributed by atoms with Gasteiger partial charge in [0.2, 0.25) is 0 Å². The van der Waals surface area contributed by atoms with Crippen LogP contribution in [0.5, 0.6) is 0 Å². The zero-order chi connectivity index (χ0) is 23.3. The van der Waals surface area contributed by atoms with Crippen LogP contribution in [0.15, 0.2) is 55.0 Å². The molecule has 1 fully saturated rings. The van der Waals surface area contributed by atoms with Crippen molar-refractivity contribution in [2.45, 2.75) is 25.3 Å². The molecule has 0 radical (unpaired) electrons. The van der Waals surface area contributed by atoms with Gasteiger partial charge in [-0.25, -0.2) is 13.8 Å². The van der Waals surface area contributed by atoms with Crippen LogP contribution in [0.2, 0.25) is 0 Å². The number of rotatable bonds is 4. The molecule has 3 aromatic heterocycles. The summed E-state index contributed by atoms with van der Waals surface area (Å²) in [5.74, 6) is -2.19. The second-order valence-electron chi connectivity index (χ2n) is 8.67. The quantitative estimate of drug-likeness (QED) is 0.406. The fourth-order valence-electron chi connectivity index (χ4n) is 4.71. The summed E-state index contributed by atoms with van der Waals surface area (Å²) in [5, 5.41) is 7.16. The van der Waals surface area contributed by atoms with Crippen molar-refractivity contribution in [1.82, 2.24) is 20.3 Å². The highest BCUT2D eigenvalue weighted by Crippen LogP contribution is 2.36. The van der Waals surface area contributed by atoms with Crippen LogP contribution in [-0.2, 0) is 6.54 Å². The third-order valence-electron chi connectivity index (χ3n) is 6.55. The van der Waals surface area contributed by atoms with Crippen molar-refractivity contribution in [2.24, 2.45) is 0 Å². The van der Waals surface area contributed by atoms with Crippen LogP contribution in [0.25, 0.3) is 22.2 Å². The number of halogens is 2. The van der Waals surface area contributed by atoms with E-state index >= 15 is 0 Å². The second kappa shape index (κ2) is 7.79. The molecular formula is C25H22F2N6O. The molecule has 1 amide bonds. The molecule has 5 heterocycles. The Morgan fingerprint density at radius 1 is 1.03 bits per heavy atom. The maximum Gasteiger partial charge on any atom is 0.254 e. The number of para-hydroxylation sites is 1. The molecule has 0 spiro atoms. The molecule has 172 valence electrons. The average Bonchev–Trinajstić information content (AvgIpc) is 3.44. The number of carbonyl (C=O) groups is 1. The average molecular weight is 460 g/mol. The number of anilines is 3. The second-order valence-corrected chi connectivity index (χ2v) is 8.67. The molecule has 0 aliphatic carbocycles. The first kappa shape index (κ1) is 20.6. The molecule has 0 unspecified atom stereocenters. The molecule has 9 heteroatoms. The summed E-state index contributed by atoms with van der Waals surface area (Å²) >= 11 is 0. The monoisotopic (exact) mass is 460 g/mol. The van der Waals surface area contributed by atoms with Gasteiger partial charge in [0.25, 0.3) is 11.8 Å². The minimum atomic E-state index is -2.59. The van der Waals surface area contributed by atoms with E-state index in [0.717, 1.165) is 33.4 Å². The van der Waals surface area contributed by atoms with E-state index in [1.807, 2.05) is 41.4 Å². The summed E-state index contributed by atoms with van der Waals surface area (Å²) in [4.78, 5) is 27.0. The van der Waals surface area contributed by atoms with Crippen LogP contribution in [-0.4, -0.2) is 39.9 Å². The number of H-pyrrole nitrogens is 1. The number of piperidine rings is 1. The number of aromatic amines is 1. The first-order valence-electron chi connectivity index (χ1n) is 11.2. The molecule has 34 heavy (non-hydrogen) atoms. The molecule has 0 atom stereocenters. The largest absolute Gasteiger partial charge is 0.370 e.